The summed E-state index contributed by atoms with van der Waals surface area (Å²) in [5.74, 6) is 0.736. The number of nitrogens with one attached hydrogen (secondary N) is 1. The molecule has 0 spiro atoms. The third kappa shape index (κ3) is 3.72. The van der Waals surface area contributed by atoms with Crippen molar-refractivity contribution in [1.29, 1.82) is 5.26 Å². The second-order valence-electron chi connectivity index (χ2n) is 4.27. The molecule has 0 radical (unpaired) electrons. The van der Waals surface area contributed by atoms with Crippen LogP contribution in [-0.2, 0) is 0 Å². The van der Waals surface area contributed by atoms with Crippen molar-refractivity contribution in [3.8, 4) is 11.8 Å². The van der Waals surface area contributed by atoms with E-state index in [9.17, 15) is 0 Å². The highest BCUT2D eigenvalue weighted by atomic mass is 16.5. The zero-order valence-electron chi connectivity index (χ0n) is 9.85. The summed E-state index contributed by atoms with van der Waals surface area (Å²) in [4.78, 5) is 3.96. The number of aromatic nitrogens is 1. The highest BCUT2D eigenvalue weighted by molar-refractivity contribution is 5.26. The molecule has 1 aliphatic rings. The number of ether oxygens (including phenoxy) is 1. The van der Waals surface area contributed by atoms with Gasteiger partial charge in [-0.25, -0.2) is 4.98 Å². The summed E-state index contributed by atoms with van der Waals surface area (Å²) in [5, 5.41) is 12.1. The Balaban J connectivity index is 1.72. The van der Waals surface area contributed by atoms with Crippen LogP contribution in [-0.4, -0.2) is 24.2 Å². The molecule has 1 aliphatic heterocycles. The zero-order valence-corrected chi connectivity index (χ0v) is 9.85. The minimum Gasteiger partial charge on any atom is -0.492 e. The minimum atomic E-state index is 0.422. The van der Waals surface area contributed by atoms with Crippen molar-refractivity contribution in [3.63, 3.8) is 0 Å². The Labute approximate surface area is 102 Å². The molecule has 2 rings (SSSR count). The number of nitrogens with zero attached hydrogens (tertiary/aromatic N) is 2. The Hall–Kier alpha value is -1.60. The smallest absolute Gasteiger partial charge is 0.140 e. The molecule has 90 valence electrons. The average molecular weight is 231 g/mol. The van der Waals surface area contributed by atoms with Crippen LogP contribution >= 0.6 is 0 Å². The first-order chi connectivity index (χ1) is 8.38. The van der Waals surface area contributed by atoms with Crippen molar-refractivity contribution in [1.82, 2.24) is 10.3 Å². The van der Waals surface area contributed by atoms with Crippen molar-refractivity contribution >= 4 is 0 Å². The second kappa shape index (κ2) is 6.21. The Morgan fingerprint density at radius 3 is 3.06 bits per heavy atom. The largest absolute Gasteiger partial charge is 0.492 e. The Morgan fingerprint density at radius 2 is 2.41 bits per heavy atom. The summed E-state index contributed by atoms with van der Waals surface area (Å²) < 4.78 is 5.60. The van der Waals surface area contributed by atoms with Crippen molar-refractivity contribution in [2.45, 2.75) is 31.7 Å². The highest BCUT2D eigenvalue weighted by Gasteiger charge is 2.11. The molecule has 1 N–H and O–H groups in total. The van der Waals surface area contributed by atoms with Crippen LogP contribution in [0.25, 0.3) is 0 Å². The van der Waals surface area contributed by atoms with Crippen LogP contribution in [0.1, 0.15) is 31.4 Å². The van der Waals surface area contributed by atoms with Crippen molar-refractivity contribution in [2.24, 2.45) is 0 Å². The third-order valence-electron chi connectivity index (χ3n) is 3.00. The average Bonchev–Trinajstić information content (AvgIpc) is 2.41. The molecule has 0 aliphatic carbocycles. The van der Waals surface area contributed by atoms with E-state index in [1.807, 2.05) is 6.07 Å². The van der Waals surface area contributed by atoms with Gasteiger partial charge in [0.1, 0.15) is 17.5 Å². The summed E-state index contributed by atoms with van der Waals surface area (Å²) in [5.41, 5.74) is 0.422. The first-order valence-electron chi connectivity index (χ1n) is 6.11. The molecule has 1 atom stereocenters. The van der Waals surface area contributed by atoms with Gasteiger partial charge in [0, 0.05) is 6.04 Å². The van der Waals surface area contributed by atoms with E-state index in [-0.39, 0.29) is 0 Å². The first-order valence-corrected chi connectivity index (χ1v) is 6.11. The normalized spacial score (nSPS) is 19.6. The predicted octanol–water partition coefficient (Wildman–Crippen LogP) is 1.86. The van der Waals surface area contributed by atoms with E-state index in [4.69, 9.17) is 10.00 Å². The van der Waals surface area contributed by atoms with Gasteiger partial charge in [-0.15, -0.1) is 0 Å². The van der Waals surface area contributed by atoms with Gasteiger partial charge in [-0.2, -0.15) is 5.26 Å². The van der Waals surface area contributed by atoms with Crippen LogP contribution < -0.4 is 10.1 Å². The van der Waals surface area contributed by atoms with Gasteiger partial charge >= 0.3 is 0 Å². The van der Waals surface area contributed by atoms with E-state index in [1.165, 1.54) is 19.3 Å². The minimum absolute atomic E-state index is 0.422. The number of hydrogen-bond acceptors (Lipinski definition) is 4. The first kappa shape index (κ1) is 11.9. The maximum absolute atomic E-state index is 8.61. The van der Waals surface area contributed by atoms with E-state index in [0.717, 1.165) is 18.7 Å². The Bertz CT molecular complexity index is 377. The molecule has 1 unspecified atom stereocenters. The van der Waals surface area contributed by atoms with Gasteiger partial charge in [0.15, 0.2) is 0 Å². The van der Waals surface area contributed by atoms with Gasteiger partial charge in [0.05, 0.1) is 12.8 Å². The molecule has 0 bridgehead atoms. The molecule has 17 heavy (non-hydrogen) atoms. The van der Waals surface area contributed by atoms with Gasteiger partial charge in [0.2, 0.25) is 0 Å². The zero-order chi connectivity index (χ0) is 11.9. The molecule has 0 amide bonds. The quantitative estimate of drug-likeness (QED) is 0.859. The van der Waals surface area contributed by atoms with Gasteiger partial charge in [-0.3, -0.25) is 0 Å². The van der Waals surface area contributed by atoms with E-state index < -0.39 is 0 Å². The van der Waals surface area contributed by atoms with Gasteiger partial charge in [-0.05, 0) is 37.9 Å². The molecule has 1 aromatic rings. The summed E-state index contributed by atoms with van der Waals surface area (Å²) in [6.45, 7) is 1.83. The van der Waals surface area contributed by atoms with Crippen LogP contribution in [0.4, 0.5) is 0 Å². The predicted molar refractivity (Wildman–Crippen MR) is 64.7 cm³/mol. The molecule has 4 heteroatoms. The van der Waals surface area contributed by atoms with Gasteiger partial charge < -0.3 is 10.1 Å². The van der Waals surface area contributed by atoms with E-state index in [0.29, 0.717) is 18.3 Å². The maximum atomic E-state index is 8.61. The number of rotatable bonds is 4. The Kier molecular flexibility index (Phi) is 4.34. The summed E-state index contributed by atoms with van der Waals surface area (Å²) in [6, 6.07) is 6.04. The van der Waals surface area contributed by atoms with Crippen molar-refractivity contribution in [3.05, 3.63) is 24.0 Å². The standard InChI is InChI=1S/C13H17N3O/c14-9-12-4-5-13(10-16-12)17-8-6-11-3-1-2-7-15-11/h4-5,10-11,15H,1-3,6-8H2. The summed E-state index contributed by atoms with van der Waals surface area (Å²) in [6.07, 6.45) is 6.48. The lowest BCUT2D eigenvalue weighted by Crippen LogP contribution is -2.35. The Morgan fingerprint density at radius 1 is 1.47 bits per heavy atom. The second-order valence-corrected chi connectivity index (χ2v) is 4.27. The number of nitriles is 1. The SMILES string of the molecule is N#Cc1ccc(OCCC2CCCCN2)cn1. The fourth-order valence-electron chi connectivity index (χ4n) is 2.02. The fraction of sp³-hybridized carbons (Fsp3) is 0.538. The lowest BCUT2D eigenvalue weighted by Gasteiger charge is -2.23. The van der Waals surface area contributed by atoms with E-state index >= 15 is 0 Å². The molecule has 4 nitrogen and oxygen atoms in total. The van der Waals surface area contributed by atoms with Crippen molar-refractivity contribution < 1.29 is 4.74 Å². The maximum Gasteiger partial charge on any atom is 0.140 e. The molecule has 1 aromatic heterocycles. The molecule has 1 saturated heterocycles. The number of hydrogen-bond donors (Lipinski definition) is 1. The monoisotopic (exact) mass is 231 g/mol. The topological polar surface area (TPSA) is 57.9 Å². The van der Waals surface area contributed by atoms with Crippen LogP contribution in [0, 0.1) is 11.3 Å². The molecule has 2 heterocycles. The van der Waals surface area contributed by atoms with Gasteiger partial charge in [0.25, 0.3) is 0 Å². The van der Waals surface area contributed by atoms with E-state index in [2.05, 4.69) is 10.3 Å². The molecule has 0 aromatic carbocycles. The third-order valence-corrected chi connectivity index (χ3v) is 3.00. The molecule has 0 saturated carbocycles. The summed E-state index contributed by atoms with van der Waals surface area (Å²) in [7, 11) is 0. The van der Waals surface area contributed by atoms with Crippen LogP contribution in [0.15, 0.2) is 18.3 Å². The highest BCUT2D eigenvalue weighted by Crippen LogP contribution is 2.12. The molecule has 1 fully saturated rings. The van der Waals surface area contributed by atoms with Crippen LogP contribution in [0.2, 0.25) is 0 Å². The van der Waals surface area contributed by atoms with Crippen LogP contribution in [0.3, 0.4) is 0 Å². The van der Waals surface area contributed by atoms with Crippen LogP contribution in [0.5, 0.6) is 5.75 Å². The molecular weight excluding hydrogens is 214 g/mol. The van der Waals surface area contributed by atoms with E-state index in [1.54, 1.807) is 18.3 Å². The number of piperidine rings is 1. The van der Waals surface area contributed by atoms with Gasteiger partial charge in [-0.1, -0.05) is 6.42 Å². The van der Waals surface area contributed by atoms with Crippen molar-refractivity contribution in [2.75, 3.05) is 13.2 Å². The fourth-order valence-corrected chi connectivity index (χ4v) is 2.02. The molecular formula is C13H17N3O. The number of pyridine rings is 1. The lowest BCUT2D eigenvalue weighted by atomic mass is 10.0. The lowest BCUT2D eigenvalue weighted by molar-refractivity contribution is 0.267. The summed E-state index contributed by atoms with van der Waals surface area (Å²) >= 11 is 0.